The van der Waals surface area contributed by atoms with Crippen molar-refractivity contribution in [3.8, 4) is 6.07 Å². The van der Waals surface area contributed by atoms with Gasteiger partial charge in [-0.05, 0) is 0 Å². The standard InChI is InChI=1S/C4H3N5/c5-1-4-7-2-3(6)8-9-4/h2H,(H2,6,8). The van der Waals surface area contributed by atoms with Gasteiger partial charge in [0.25, 0.3) is 5.82 Å². The molecule has 0 unspecified atom stereocenters. The van der Waals surface area contributed by atoms with Crippen LogP contribution in [0.3, 0.4) is 0 Å². The van der Waals surface area contributed by atoms with E-state index in [4.69, 9.17) is 11.0 Å². The molecule has 0 fully saturated rings. The lowest BCUT2D eigenvalue weighted by molar-refractivity contribution is 0.952. The minimum Gasteiger partial charge on any atom is -0.381 e. The van der Waals surface area contributed by atoms with Crippen LogP contribution in [0.2, 0.25) is 0 Å². The van der Waals surface area contributed by atoms with Crippen LogP contribution in [0.5, 0.6) is 0 Å². The molecule has 1 aromatic rings. The molecule has 2 N–H and O–H groups in total. The highest BCUT2D eigenvalue weighted by molar-refractivity contribution is 5.21. The van der Waals surface area contributed by atoms with Gasteiger partial charge in [-0.15, -0.1) is 10.2 Å². The number of nitrogens with zero attached hydrogens (tertiary/aromatic N) is 4. The molecular formula is C4H3N5. The van der Waals surface area contributed by atoms with Crippen molar-refractivity contribution >= 4 is 5.82 Å². The SMILES string of the molecule is N#Cc1ncc(N)nn1. The summed E-state index contributed by atoms with van der Waals surface area (Å²) in [7, 11) is 0. The zero-order chi connectivity index (χ0) is 6.69. The van der Waals surface area contributed by atoms with E-state index in [1.54, 1.807) is 6.07 Å². The number of aromatic nitrogens is 3. The van der Waals surface area contributed by atoms with Gasteiger partial charge in [-0.3, -0.25) is 0 Å². The van der Waals surface area contributed by atoms with E-state index in [9.17, 15) is 0 Å². The van der Waals surface area contributed by atoms with E-state index in [0.29, 0.717) is 0 Å². The number of nitriles is 1. The van der Waals surface area contributed by atoms with E-state index < -0.39 is 0 Å². The molecule has 1 aromatic heterocycles. The fourth-order valence-electron chi connectivity index (χ4n) is 0.335. The highest BCUT2D eigenvalue weighted by atomic mass is 15.2. The van der Waals surface area contributed by atoms with E-state index >= 15 is 0 Å². The third-order valence-corrected chi connectivity index (χ3v) is 0.679. The number of nitrogen functional groups attached to an aromatic ring is 1. The normalized spacial score (nSPS) is 8.33. The van der Waals surface area contributed by atoms with E-state index in [0.717, 1.165) is 0 Å². The number of nitrogens with two attached hydrogens (primary N) is 1. The smallest absolute Gasteiger partial charge is 0.252 e. The number of rotatable bonds is 0. The van der Waals surface area contributed by atoms with Gasteiger partial charge in [0.2, 0.25) is 0 Å². The highest BCUT2D eigenvalue weighted by Gasteiger charge is 1.90. The molecule has 0 aliphatic heterocycles. The quantitative estimate of drug-likeness (QED) is 0.491. The molecule has 0 saturated carbocycles. The Morgan fingerprint density at radius 1 is 1.56 bits per heavy atom. The molecule has 1 rings (SSSR count). The first-order valence-corrected chi connectivity index (χ1v) is 2.18. The fourth-order valence-corrected chi connectivity index (χ4v) is 0.335. The van der Waals surface area contributed by atoms with E-state index in [-0.39, 0.29) is 11.6 Å². The van der Waals surface area contributed by atoms with Crippen LogP contribution in [0.1, 0.15) is 5.82 Å². The van der Waals surface area contributed by atoms with Crippen LogP contribution in [-0.4, -0.2) is 15.2 Å². The molecule has 0 atom stereocenters. The maximum absolute atomic E-state index is 8.17. The van der Waals surface area contributed by atoms with Gasteiger partial charge in [-0.2, -0.15) is 5.26 Å². The molecule has 0 bridgehead atoms. The Labute approximate surface area is 51.2 Å². The first-order valence-electron chi connectivity index (χ1n) is 2.18. The summed E-state index contributed by atoms with van der Waals surface area (Å²) in [5.41, 5.74) is 5.14. The molecular weight excluding hydrogens is 118 g/mol. The van der Waals surface area contributed by atoms with Crippen LogP contribution < -0.4 is 5.73 Å². The third-order valence-electron chi connectivity index (χ3n) is 0.679. The summed E-state index contributed by atoms with van der Waals surface area (Å²) in [6.07, 6.45) is 1.28. The Morgan fingerprint density at radius 3 is 2.78 bits per heavy atom. The summed E-state index contributed by atoms with van der Waals surface area (Å²) in [5, 5.41) is 14.9. The molecule has 5 heteroatoms. The lowest BCUT2D eigenvalue weighted by Crippen LogP contribution is -1.96. The third kappa shape index (κ3) is 1.10. The molecule has 0 radical (unpaired) electrons. The van der Waals surface area contributed by atoms with Crippen LogP contribution in [-0.2, 0) is 0 Å². The van der Waals surface area contributed by atoms with Gasteiger partial charge in [0, 0.05) is 0 Å². The van der Waals surface area contributed by atoms with Gasteiger partial charge in [-0.1, -0.05) is 0 Å². The minimum atomic E-state index is 0.0317. The van der Waals surface area contributed by atoms with E-state index in [2.05, 4.69) is 15.2 Å². The zero-order valence-corrected chi connectivity index (χ0v) is 4.44. The first-order chi connectivity index (χ1) is 4.33. The number of hydrogen-bond donors (Lipinski definition) is 1. The largest absolute Gasteiger partial charge is 0.381 e. The molecule has 0 saturated heterocycles. The Bertz CT molecular complexity index is 232. The van der Waals surface area contributed by atoms with Crippen molar-refractivity contribution in [3.63, 3.8) is 0 Å². The molecule has 44 valence electrons. The van der Waals surface area contributed by atoms with Gasteiger partial charge < -0.3 is 5.73 Å². The van der Waals surface area contributed by atoms with Crippen LogP contribution in [0, 0.1) is 11.3 Å². The van der Waals surface area contributed by atoms with Crippen molar-refractivity contribution in [3.05, 3.63) is 12.0 Å². The monoisotopic (exact) mass is 121 g/mol. The average molecular weight is 121 g/mol. The van der Waals surface area contributed by atoms with Crippen molar-refractivity contribution in [2.24, 2.45) is 0 Å². The fraction of sp³-hybridized carbons (Fsp3) is 0. The van der Waals surface area contributed by atoms with E-state index in [1.807, 2.05) is 0 Å². The molecule has 0 aliphatic rings. The summed E-state index contributed by atoms with van der Waals surface area (Å²) in [6, 6.07) is 1.71. The summed E-state index contributed by atoms with van der Waals surface area (Å²) >= 11 is 0. The topological polar surface area (TPSA) is 88.5 Å². The molecule has 5 nitrogen and oxygen atoms in total. The maximum Gasteiger partial charge on any atom is 0.252 e. The Balaban J connectivity index is 3.06. The summed E-state index contributed by atoms with van der Waals surface area (Å²) in [6.45, 7) is 0. The van der Waals surface area contributed by atoms with Gasteiger partial charge in [0.05, 0.1) is 6.20 Å². The second-order valence-corrected chi connectivity index (χ2v) is 1.32. The predicted octanol–water partition coefficient (Wildman–Crippen LogP) is -0.675. The number of anilines is 1. The Morgan fingerprint density at radius 2 is 2.33 bits per heavy atom. The van der Waals surface area contributed by atoms with Gasteiger partial charge >= 0.3 is 0 Å². The molecule has 9 heavy (non-hydrogen) atoms. The Kier molecular flexibility index (Phi) is 1.24. The molecule has 0 aliphatic carbocycles. The van der Waals surface area contributed by atoms with Crippen LogP contribution in [0.25, 0.3) is 0 Å². The maximum atomic E-state index is 8.17. The average Bonchev–Trinajstić information content (AvgIpc) is 1.90. The van der Waals surface area contributed by atoms with Gasteiger partial charge in [0.1, 0.15) is 6.07 Å². The minimum absolute atomic E-state index is 0.0317. The van der Waals surface area contributed by atoms with Crippen molar-refractivity contribution in [1.29, 1.82) is 5.26 Å². The summed E-state index contributed by atoms with van der Waals surface area (Å²) in [5.74, 6) is 0.248. The zero-order valence-electron chi connectivity index (χ0n) is 4.44. The summed E-state index contributed by atoms with van der Waals surface area (Å²) in [4.78, 5) is 3.54. The second-order valence-electron chi connectivity index (χ2n) is 1.32. The van der Waals surface area contributed by atoms with Crippen molar-refractivity contribution in [1.82, 2.24) is 15.2 Å². The lowest BCUT2D eigenvalue weighted by atomic mass is 10.6. The second kappa shape index (κ2) is 2.05. The van der Waals surface area contributed by atoms with Crippen molar-refractivity contribution in [2.45, 2.75) is 0 Å². The van der Waals surface area contributed by atoms with Crippen LogP contribution in [0.4, 0.5) is 5.82 Å². The lowest BCUT2D eigenvalue weighted by Gasteiger charge is -1.85. The van der Waals surface area contributed by atoms with Gasteiger partial charge in [0.15, 0.2) is 5.82 Å². The number of hydrogen-bond acceptors (Lipinski definition) is 5. The first kappa shape index (κ1) is 5.44. The summed E-state index contributed by atoms with van der Waals surface area (Å²) < 4.78 is 0. The van der Waals surface area contributed by atoms with Crippen molar-refractivity contribution in [2.75, 3.05) is 5.73 Å². The molecule has 0 spiro atoms. The molecule has 1 heterocycles. The van der Waals surface area contributed by atoms with Crippen LogP contribution >= 0.6 is 0 Å². The Hall–Kier alpha value is -1.70. The van der Waals surface area contributed by atoms with Gasteiger partial charge in [-0.25, -0.2) is 4.98 Å². The van der Waals surface area contributed by atoms with E-state index in [1.165, 1.54) is 6.20 Å². The van der Waals surface area contributed by atoms with Crippen LogP contribution in [0.15, 0.2) is 6.20 Å². The molecule has 0 amide bonds. The highest BCUT2D eigenvalue weighted by Crippen LogP contribution is 1.87. The predicted molar refractivity (Wildman–Crippen MR) is 29.0 cm³/mol. The molecule has 0 aromatic carbocycles. The van der Waals surface area contributed by atoms with Crippen molar-refractivity contribution < 1.29 is 0 Å².